The molecule has 88 valence electrons. The molecule has 3 heteroatoms. The van der Waals surface area contributed by atoms with Crippen molar-refractivity contribution in [3.63, 3.8) is 0 Å². The SMILES string of the molecule is Cc1cccc(F)c1C(=O)NC1=CCCC=C1. The van der Waals surface area contributed by atoms with Gasteiger partial charge >= 0.3 is 0 Å². The molecule has 0 atom stereocenters. The first-order valence-corrected chi connectivity index (χ1v) is 5.61. The molecule has 1 aromatic rings. The summed E-state index contributed by atoms with van der Waals surface area (Å²) in [6.07, 6.45) is 7.66. The molecule has 0 spiro atoms. The number of nitrogens with one attached hydrogen (secondary N) is 1. The molecule has 0 fully saturated rings. The third kappa shape index (κ3) is 2.61. The topological polar surface area (TPSA) is 29.1 Å². The van der Waals surface area contributed by atoms with Crippen molar-refractivity contribution < 1.29 is 9.18 Å². The van der Waals surface area contributed by atoms with Gasteiger partial charge in [-0.3, -0.25) is 4.79 Å². The van der Waals surface area contributed by atoms with Crippen molar-refractivity contribution in [2.24, 2.45) is 0 Å². The fourth-order valence-corrected chi connectivity index (χ4v) is 1.82. The van der Waals surface area contributed by atoms with Gasteiger partial charge in [0.25, 0.3) is 5.91 Å². The van der Waals surface area contributed by atoms with Crippen molar-refractivity contribution in [2.75, 3.05) is 0 Å². The summed E-state index contributed by atoms with van der Waals surface area (Å²) in [6, 6.07) is 4.62. The Kier molecular flexibility index (Phi) is 3.38. The summed E-state index contributed by atoms with van der Waals surface area (Å²) in [4.78, 5) is 11.9. The van der Waals surface area contributed by atoms with Gasteiger partial charge in [-0.2, -0.15) is 0 Å². The maximum Gasteiger partial charge on any atom is 0.258 e. The molecule has 1 aliphatic carbocycles. The van der Waals surface area contributed by atoms with Gasteiger partial charge in [-0.15, -0.1) is 0 Å². The molecule has 0 saturated heterocycles. The van der Waals surface area contributed by atoms with E-state index < -0.39 is 11.7 Å². The van der Waals surface area contributed by atoms with Crippen LogP contribution in [0.15, 0.2) is 42.1 Å². The Labute approximate surface area is 99.8 Å². The Balaban J connectivity index is 2.20. The van der Waals surface area contributed by atoms with E-state index in [2.05, 4.69) is 5.32 Å². The molecule has 0 aromatic heterocycles. The summed E-state index contributed by atoms with van der Waals surface area (Å²) in [5.41, 5.74) is 1.50. The van der Waals surface area contributed by atoms with Crippen molar-refractivity contribution >= 4 is 5.91 Å². The molecule has 0 aliphatic heterocycles. The molecule has 0 heterocycles. The average Bonchev–Trinajstić information content (AvgIpc) is 2.30. The van der Waals surface area contributed by atoms with Gasteiger partial charge in [0.2, 0.25) is 0 Å². The third-order valence-electron chi connectivity index (χ3n) is 2.70. The molecule has 0 bridgehead atoms. The number of hydrogen-bond acceptors (Lipinski definition) is 1. The lowest BCUT2D eigenvalue weighted by Crippen LogP contribution is -2.24. The fraction of sp³-hybridized carbons (Fsp3) is 0.214. The number of halogens is 1. The van der Waals surface area contributed by atoms with Crippen LogP contribution in [-0.4, -0.2) is 5.91 Å². The molecule has 1 amide bonds. The molecule has 17 heavy (non-hydrogen) atoms. The molecule has 2 nitrogen and oxygen atoms in total. The van der Waals surface area contributed by atoms with Crippen LogP contribution in [0.2, 0.25) is 0 Å². The lowest BCUT2D eigenvalue weighted by Gasteiger charge is -2.11. The zero-order chi connectivity index (χ0) is 12.3. The van der Waals surface area contributed by atoms with Crippen molar-refractivity contribution in [3.8, 4) is 0 Å². The van der Waals surface area contributed by atoms with E-state index in [4.69, 9.17) is 0 Å². The summed E-state index contributed by atoms with van der Waals surface area (Å²) >= 11 is 0. The number of hydrogen-bond donors (Lipinski definition) is 1. The van der Waals surface area contributed by atoms with E-state index in [-0.39, 0.29) is 5.56 Å². The van der Waals surface area contributed by atoms with Gasteiger partial charge in [0, 0.05) is 5.70 Å². The molecule has 2 rings (SSSR count). The van der Waals surface area contributed by atoms with E-state index in [1.54, 1.807) is 19.1 Å². The highest BCUT2D eigenvalue weighted by Crippen LogP contribution is 2.14. The van der Waals surface area contributed by atoms with Crippen LogP contribution in [0.4, 0.5) is 4.39 Å². The highest BCUT2D eigenvalue weighted by atomic mass is 19.1. The van der Waals surface area contributed by atoms with Gasteiger partial charge < -0.3 is 5.32 Å². The number of amides is 1. The van der Waals surface area contributed by atoms with Gasteiger partial charge in [-0.1, -0.05) is 24.3 Å². The maximum absolute atomic E-state index is 13.6. The lowest BCUT2D eigenvalue weighted by atomic mass is 10.1. The fourth-order valence-electron chi connectivity index (χ4n) is 1.82. The molecule has 1 N–H and O–H groups in total. The maximum atomic E-state index is 13.6. The summed E-state index contributed by atoms with van der Waals surface area (Å²) in [5, 5.41) is 2.71. The monoisotopic (exact) mass is 231 g/mol. The first-order chi connectivity index (χ1) is 8.18. The van der Waals surface area contributed by atoms with Crippen LogP contribution in [0.5, 0.6) is 0 Å². The normalized spacial score (nSPS) is 14.4. The summed E-state index contributed by atoms with van der Waals surface area (Å²) in [5.74, 6) is -0.874. The minimum Gasteiger partial charge on any atom is -0.322 e. The van der Waals surface area contributed by atoms with Crippen LogP contribution in [0.3, 0.4) is 0 Å². The van der Waals surface area contributed by atoms with E-state index in [0.717, 1.165) is 18.5 Å². The molecule has 0 saturated carbocycles. The molecule has 0 radical (unpaired) electrons. The number of carbonyl (C=O) groups is 1. The third-order valence-corrected chi connectivity index (χ3v) is 2.70. The Morgan fingerprint density at radius 3 is 2.82 bits per heavy atom. The van der Waals surface area contributed by atoms with Crippen molar-refractivity contribution in [1.82, 2.24) is 5.32 Å². The summed E-state index contributed by atoms with van der Waals surface area (Å²) in [7, 11) is 0. The highest BCUT2D eigenvalue weighted by Gasteiger charge is 2.14. The lowest BCUT2D eigenvalue weighted by molar-refractivity contribution is 0.0962. The summed E-state index contributed by atoms with van der Waals surface area (Å²) in [6.45, 7) is 1.73. The number of allylic oxidation sites excluding steroid dienone is 3. The Morgan fingerprint density at radius 1 is 1.35 bits per heavy atom. The van der Waals surface area contributed by atoms with E-state index in [1.807, 2.05) is 18.2 Å². The van der Waals surface area contributed by atoms with Gasteiger partial charge in [0.15, 0.2) is 0 Å². The second kappa shape index (κ2) is 4.95. The van der Waals surface area contributed by atoms with Gasteiger partial charge in [-0.05, 0) is 37.5 Å². The van der Waals surface area contributed by atoms with E-state index in [0.29, 0.717) is 5.56 Å². The van der Waals surface area contributed by atoms with E-state index in [9.17, 15) is 9.18 Å². The highest BCUT2D eigenvalue weighted by molar-refractivity contribution is 5.97. The Morgan fingerprint density at radius 2 is 2.18 bits per heavy atom. The largest absolute Gasteiger partial charge is 0.322 e. The van der Waals surface area contributed by atoms with Crippen LogP contribution >= 0.6 is 0 Å². The quantitative estimate of drug-likeness (QED) is 0.832. The smallest absolute Gasteiger partial charge is 0.258 e. The standard InChI is InChI=1S/C14H14FNO/c1-10-6-5-9-12(15)13(10)14(17)16-11-7-3-2-4-8-11/h3,5-9H,2,4H2,1H3,(H,16,17). The Hall–Kier alpha value is -1.90. The van der Waals surface area contributed by atoms with Gasteiger partial charge in [0.05, 0.1) is 5.56 Å². The molecular formula is C14H14FNO. The number of carbonyl (C=O) groups excluding carboxylic acids is 1. The zero-order valence-electron chi connectivity index (χ0n) is 9.66. The molecule has 0 unspecified atom stereocenters. The molecule has 1 aromatic carbocycles. The van der Waals surface area contributed by atoms with Gasteiger partial charge in [-0.25, -0.2) is 4.39 Å². The Bertz CT molecular complexity index is 483. The average molecular weight is 231 g/mol. The van der Waals surface area contributed by atoms with Crippen LogP contribution in [-0.2, 0) is 0 Å². The minimum atomic E-state index is -0.483. The first kappa shape index (κ1) is 11.6. The van der Waals surface area contributed by atoms with Gasteiger partial charge in [0.1, 0.15) is 5.82 Å². The first-order valence-electron chi connectivity index (χ1n) is 5.61. The van der Waals surface area contributed by atoms with Crippen LogP contribution < -0.4 is 5.32 Å². The van der Waals surface area contributed by atoms with E-state index in [1.165, 1.54) is 6.07 Å². The van der Waals surface area contributed by atoms with Crippen molar-refractivity contribution in [2.45, 2.75) is 19.8 Å². The van der Waals surface area contributed by atoms with Crippen LogP contribution in [0.25, 0.3) is 0 Å². The van der Waals surface area contributed by atoms with Crippen molar-refractivity contribution in [3.05, 3.63) is 59.1 Å². The molecular weight excluding hydrogens is 217 g/mol. The van der Waals surface area contributed by atoms with E-state index >= 15 is 0 Å². The number of rotatable bonds is 2. The number of benzene rings is 1. The van der Waals surface area contributed by atoms with Crippen LogP contribution in [0.1, 0.15) is 28.8 Å². The zero-order valence-corrected chi connectivity index (χ0v) is 9.66. The van der Waals surface area contributed by atoms with Crippen molar-refractivity contribution in [1.29, 1.82) is 0 Å². The summed E-state index contributed by atoms with van der Waals surface area (Å²) < 4.78 is 13.6. The second-order valence-corrected chi connectivity index (χ2v) is 4.03. The minimum absolute atomic E-state index is 0.118. The predicted octanol–water partition coefficient (Wildman–Crippen LogP) is 3.10. The second-order valence-electron chi connectivity index (χ2n) is 4.03. The molecule has 1 aliphatic rings. The van der Waals surface area contributed by atoms with Crippen LogP contribution in [0, 0.1) is 12.7 Å². The number of aryl methyl sites for hydroxylation is 1. The predicted molar refractivity (Wildman–Crippen MR) is 65.1 cm³/mol.